The van der Waals surface area contributed by atoms with E-state index in [-0.39, 0.29) is 5.78 Å². The van der Waals surface area contributed by atoms with Gasteiger partial charge < -0.3 is 4.42 Å². The number of hydrogen-bond acceptors (Lipinski definition) is 2. The maximum atomic E-state index is 11.8. The third-order valence-electron chi connectivity index (χ3n) is 2.03. The summed E-state index contributed by atoms with van der Waals surface area (Å²) in [5.41, 5.74) is 1.74. The van der Waals surface area contributed by atoms with Crippen LogP contribution in [0.4, 0.5) is 0 Å². The number of furan rings is 1. The Kier molecular flexibility index (Phi) is 2.19. The monoisotopic (exact) mass is 186 g/mol. The molecule has 1 heterocycles. The summed E-state index contributed by atoms with van der Waals surface area (Å²) < 4.78 is 5.04. The van der Waals surface area contributed by atoms with Crippen molar-refractivity contribution in [2.45, 2.75) is 6.92 Å². The minimum atomic E-state index is -0.0706. The van der Waals surface area contributed by atoms with Crippen molar-refractivity contribution in [1.29, 1.82) is 0 Å². The first-order valence-corrected chi connectivity index (χ1v) is 4.42. The average molecular weight is 186 g/mol. The Morgan fingerprint density at radius 3 is 2.71 bits per heavy atom. The van der Waals surface area contributed by atoms with Crippen LogP contribution in [0.5, 0.6) is 0 Å². The average Bonchev–Trinajstić information content (AvgIpc) is 2.69. The van der Waals surface area contributed by atoms with E-state index in [9.17, 15) is 4.79 Å². The lowest BCUT2D eigenvalue weighted by atomic mass is 10.1. The van der Waals surface area contributed by atoms with Crippen LogP contribution in [0, 0.1) is 6.92 Å². The number of benzene rings is 1. The molecule has 0 radical (unpaired) electrons. The number of ketones is 1. The van der Waals surface area contributed by atoms with Crippen LogP contribution >= 0.6 is 0 Å². The maximum Gasteiger partial charge on any atom is 0.228 e. The number of rotatable bonds is 2. The second kappa shape index (κ2) is 3.50. The molecule has 0 N–H and O–H groups in total. The summed E-state index contributed by atoms with van der Waals surface area (Å²) in [5, 5.41) is 0. The van der Waals surface area contributed by atoms with Gasteiger partial charge in [0.2, 0.25) is 5.78 Å². The lowest BCUT2D eigenvalue weighted by Gasteiger charge is -1.98. The molecule has 0 saturated carbocycles. The van der Waals surface area contributed by atoms with Crippen molar-refractivity contribution in [3.63, 3.8) is 0 Å². The van der Waals surface area contributed by atoms with Crippen LogP contribution in [0.25, 0.3) is 0 Å². The van der Waals surface area contributed by atoms with Crippen molar-refractivity contribution in [2.24, 2.45) is 0 Å². The van der Waals surface area contributed by atoms with E-state index >= 15 is 0 Å². The zero-order valence-electron chi connectivity index (χ0n) is 7.86. The Morgan fingerprint density at radius 2 is 2.07 bits per heavy atom. The van der Waals surface area contributed by atoms with E-state index in [1.54, 1.807) is 18.2 Å². The van der Waals surface area contributed by atoms with Crippen molar-refractivity contribution in [1.82, 2.24) is 0 Å². The molecule has 0 aliphatic carbocycles. The Balaban J connectivity index is 2.37. The van der Waals surface area contributed by atoms with Gasteiger partial charge in [-0.3, -0.25) is 4.79 Å². The number of carbonyl (C=O) groups excluding carboxylic acids is 1. The number of aryl methyl sites for hydroxylation is 1. The Hall–Kier alpha value is -1.83. The quantitative estimate of drug-likeness (QED) is 0.675. The van der Waals surface area contributed by atoms with Crippen molar-refractivity contribution in [3.05, 3.63) is 59.5 Å². The van der Waals surface area contributed by atoms with Crippen LogP contribution in [-0.2, 0) is 0 Å². The molecule has 2 nitrogen and oxygen atoms in total. The van der Waals surface area contributed by atoms with E-state index in [0.29, 0.717) is 11.3 Å². The van der Waals surface area contributed by atoms with E-state index in [1.807, 2.05) is 25.1 Å². The Labute approximate surface area is 82.2 Å². The molecule has 0 fully saturated rings. The van der Waals surface area contributed by atoms with E-state index in [1.165, 1.54) is 6.26 Å². The minimum absolute atomic E-state index is 0.0706. The summed E-state index contributed by atoms with van der Waals surface area (Å²) in [4.78, 5) is 11.8. The maximum absolute atomic E-state index is 11.8. The zero-order valence-corrected chi connectivity index (χ0v) is 7.86. The van der Waals surface area contributed by atoms with Crippen molar-refractivity contribution >= 4 is 5.78 Å². The number of hydrogen-bond donors (Lipinski definition) is 0. The first kappa shape index (κ1) is 8.75. The highest BCUT2D eigenvalue weighted by atomic mass is 16.3. The second-order valence-corrected chi connectivity index (χ2v) is 3.18. The molecule has 0 amide bonds. The van der Waals surface area contributed by atoms with Crippen molar-refractivity contribution in [3.8, 4) is 0 Å². The molecular formula is C12H10O2. The Bertz CT molecular complexity index is 441. The lowest BCUT2D eigenvalue weighted by Crippen LogP contribution is -1.99. The predicted octanol–water partition coefficient (Wildman–Crippen LogP) is 2.82. The number of carbonyl (C=O) groups is 1. The molecule has 2 heteroatoms. The molecule has 0 aliphatic rings. The van der Waals surface area contributed by atoms with Gasteiger partial charge in [0.05, 0.1) is 6.26 Å². The fourth-order valence-electron chi connectivity index (χ4n) is 1.34. The van der Waals surface area contributed by atoms with Gasteiger partial charge in [-0.2, -0.15) is 0 Å². The fraction of sp³-hybridized carbons (Fsp3) is 0.0833. The molecule has 0 unspecified atom stereocenters. The normalized spacial score (nSPS) is 10.1. The smallest absolute Gasteiger partial charge is 0.228 e. The van der Waals surface area contributed by atoms with Gasteiger partial charge in [-0.05, 0) is 25.1 Å². The van der Waals surface area contributed by atoms with E-state index in [4.69, 9.17) is 4.42 Å². The standard InChI is InChI=1S/C12H10O2/c1-9-4-2-5-10(8-9)12(13)11-6-3-7-14-11/h2-8H,1H3. The molecule has 14 heavy (non-hydrogen) atoms. The molecule has 2 aromatic rings. The van der Waals surface area contributed by atoms with Gasteiger partial charge in [-0.15, -0.1) is 0 Å². The van der Waals surface area contributed by atoms with Gasteiger partial charge in [-0.1, -0.05) is 23.8 Å². The molecule has 0 aliphatic heterocycles. The molecular weight excluding hydrogens is 176 g/mol. The van der Waals surface area contributed by atoms with Gasteiger partial charge >= 0.3 is 0 Å². The van der Waals surface area contributed by atoms with Crippen LogP contribution in [0.3, 0.4) is 0 Å². The van der Waals surface area contributed by atoms with Crippen molar-refractivity contribution < 1.29 is 9.21 Å². The summed E-state index contributed by atoms with van der Waals surface area (Å²) >= 11 is 0. The summed E-state index contributed by atoms with van der Waals surface area (Å²) in [6, 6.07) is 10.8. The largest absolute Gasteiger partial charge is 0.461 e. The molecule has 0 bridgehead atoms. The van der Waals surface area contributed by atoms with Crippen LogP contribution in [-0.4, -0.2) is 5.78 Å². The summed E-state index contributed by atoms with van der Waals surface area (Å²) in [6.45, 7) is 1.96. The molecule has 0 atom stereocenters. The fourth-order valence-corrected chi connectivity index (χ4v) is 1.34. The molecule has 2 rings (SSSR count). The van der Waals surface area contributed by atoms with Gasteiger partial charge in [0.15, 0.2) is 5.76 Å². The molecule has 0 saturated heterocycles. The van der Waals surface area contributed by atoms with Gasteiger partial charge in [0, 0.05) is 5.56 Å². The van der Waals surface area contributed by atoms with Gasteiger partial charge in [-0.25, -0.2) is 0 Å². The van der Waals surface area contributed by atoms with E-state index in [2.05, 4.69) is 0 Å². The van der Waals surface area contributed by atoms with Crippen LogP contribution in [0.2, 0.25) is 0 Å². The summed E-state index contributed by atoms with van der Waals surface area (Å²) in [5.74, 6) is 0.314. The minimum Gasteiger partial charge on any atom is -0.461 e. The highest BCUT2D eigenvalue weighted by Crippen LogP contribution is 2.11. The van der Waals surface area contributed by atoms with Crippen LogP contribution in [0.15, 0.2) is 47.1 Å². The van der Waals surface area contributed by atoms with Gasteiger partial charge in [0.1, 0.15) is 0 Å². The molecule has 0 spiro atoms. The third kappa shape index (κ3) is 1.59. The van der Waals surface area contributed by atoms with E-state index < -0.39 is 0 Å². The van der Waals surface area contributed by atoms with Crippen LogP contribution < -0.4 is 0 Å². The van der Waals surface area contributed by atoms with E-state index in [0.717, 1.165) is 5.56 Å². The third-order valence-corrected chi connectivity index (χ3v) is 2.03. The molecule has 70 valence electrons. The summed E-state index contributed by atoms with van der Waals surface area (Å²) in [7, 11) is 0. The molecule has 1 aromatic carbocycles. The first-order chi connectivity index (χ1) is 6.77. The Morgan fingerprint density at radius 1 is 1.21 bits per heavy atom. The second-order valence-electron chi connectivity index (χ2n) is 3.18. The first-order valence-electron chi connectivity index (χ1n) is 4.42. The molecule has 1 aromatic heterocycles. The topological polar surface area (TPSA) is 30.2 Å². The predicted molar refractivity (Wildman–Crippen MR) is 53.3 cm³/mol. The lowest BCUT2D eigenvalue weighted by molar-refractivity contribution is 0.101. The SMILES string of the molecule is Cc1cccc(C(=O)c2ccco2)c1. The van der Waals surface area contributed by atoms with Crippen LogP contribution in [0.1, 0.15) is 21.7 Å². The highest BCUT2D eigenvalue weighted by molar-refractivity contribution is 6.07. The zero-order chi connectivity index (χ0) is 9.97. The van der Waals surface area contributed by atoms with Crippen molar-refractivity contribution in [2.75, 3.05) is 0 Å². The van der Waals surface area contributed by atoms with Gasteiger partial charge in [0.25, 0.3) is 0 Å². The summed E-state index contributed by atoms with van der Waals surface area (Å²) in [6.07, 6.45) is 1.50. The highest BCUT2D eigenvalue weighted by Gasteiger charge is 2.10.